The summed E-state index contributed by atoms with van der Waals surface area (Å²) in [5.41, 5.74) is 2.43. The van der Waals surface area contributed by atoms with Crippen LogP contribution in [0.5, 0.6) is 0 Å². The largest absolute Gasteiger partial charge is 0.351 e. The molecule has 1 aromatic carbocycles. The van der Waals surface area contributed by atoms with Crippen molar-refractivity contribution in [3.05, 3.63) is 57.3 Å². The summed E-state index contributed by atoms with van der Waals surface area (Å²) >= 11 is 1.56. The summed E-state index contributed by atoms with van der Waals surface area (Å²) in [6.07, 6.45) is 0.871. The number of aryl methyl sites for hydroxylation is 2. The van der Waals surface area contributed by atoms with Crippen molar-refractivity contribution in [2.24, 2.45) is 0 Å². The Balaban J connectivity index is 1.85. The van der Waals surface area contributed by atoms with Gasteiger partial charge in [0.15, 0.2) is 0 Å². The molecule has 2 rings (SSSR count). The third kappa shape index (κ3) is 3.20. The number of hydrogen-bond donors (Lipinski definition) is 1. The first kappa shape index (κ1) is 12.8. The average molecular weight is 259 g/mol. The normalized spacial score (nSPS) is 10.3. The molecule has 1 heterocycles. The van der Waals surface area contributed by atoms with Crippen molar-refractivity contribution in [1.29, 1.82) is 0 Å². The van der Waals surface area contributed by atoms with E-state index in [4.69, 9.17) is 0 Å². The monoisotopic (exact) mass is 259 g/mol. The van der Waals surface area contributed by atoms with Gasteiger partial charge in [0.2, 0.25) is 0 Å². The SMILES string of the molecule is Cc1cc(C(=O)NCCc2ccccc2)sc1C. The number of hydrogen-bond acceptors (Lipinski definition) is 2. The fraction of sp³-hybridized carbons (Fsp3) is 0.267. The van der Waals surface area contributed by atoms with E-state index in [2.05, 4.69) is 17.4 Å². The van der Waals surface area contributed by atoms with Crippen molar-refractivity contribution in [3.63, 3.8) is 0 Å². The van der Waals surface area contributed by atoms with Gasteiger partial charge in [0.1, 0.15) is 0 Å². The smallest absolute Gasteiger partial charge is 0.261 e. The summed E-state index contributed by atoms with van der Waals surface area (Å²) in [5.74, 6) is 0.0344. The molecular weight excluding hydrogens is 242 g/mol. The second-order valence-corrected chi connectivity index (χ2v) is 5.60. The summed E-state index contributed by atoms with van der Waals surface area (Å²) in [6.45, 7) is 4.76. The lowest BCUT2D eigenvalue weighted by atomic mass is 10.1. The second kappa shape index (κ2) is 5.83. The Morgan fingerprint density at radius 2 is 1.94 bits per heavy atom. The molecule has 0 aliphatic carbocycles. The molecule has 0 fully saturated rings. The van der Waals surface area contributed by atoms with Crippen LogP contribution in [0.2, 0.25) is 0 Å². The molecule has 94 valence electrons. The molecule has 3 heteroatoms. The van der Waals surface area contributed by atoms with Crippen LogP contribution in [0.15, 0.2) is 36.4 Å². The highest BCUT2D eigenvalue weighted by atomic mass is 32.1. The van der Waals surface area contributed by atoms with Crippen LogP contribution in [0.1, 0.15) is 25.7 Å². The van der Waals surface area contributed by atoms with Gasteiger partial charge in [-0.1, -0.05) is 30.3 Å². The Morgan fingerprint density at radius 3 is 2.56 bits per heavy atom. The molecule has 0 saturated carbocycles. The van der Waals surface area contributed by atoms with Gasteiger partial charge in [0.25, 0.3) is 5.91 Å². The molecule has 18 heavy (non-hydrogen) atoms. The summed E-state index contributed by atoms with van der Waals surface area (Å²) in [4.78, 5) is 13.9. The van der Waals surface area contributed by atoms with Gasteiger partial charge in [-0.05, 0) is 37.5 Å². The maximum atomic E-state index is 11.9. The van der Waals surface area contributed by atoms with Crippen molar-refractivity contribution in [3.8, 4) is 0 Å². The number of amides is 1. The van der Waals surface area contributed by atoms with E-state index in [1.165, 1.54) is 16.0 Å². The minimum absolute atomic E-state index is 0.0344. The molecule has 1 N–H and O–H groups in total. The number of thiophene rings is 1. The van der Waals surface area contributed by atoms with Crippen LogP contribution < -0.4 is 5.32 Å². The lowest BCUT2D eigenvalue weighted by Crippen LogP contribution is -2.24. The third-order valence-electron chi connectivity index (χ3n) is 2.93. The Bertz CT molecular complexity index is 511. The van der Waals surface area contributed by atoms with Crippen molar-refractivity contribution < 1.29 is 4.79 Å². The number of benzene rings is 1. The molecule has 2 aromatic rings. The minimum atomic E-state index is 0.0344. The summed E-state index contributed by atoms with van der Waals surface area (Å²) in [5, 5.41) is 2.96. The van der Waals surface area contributed by atoms with Gasteiger partial charge in [-0.2, -0.15) is 0 Å². The topological polar surface area (TPSA) is 29.1 Å². The van der Waals surface area contributed by atoms with Crippen LogP contribution in [0.4, 0.5) is 0 Å². The van der Waals surface area contributed by atoms with Crippen LogP contribution in [0, 0.1) is 13.8 Å². The first-order chi connectivity index (χ1) is 8.66. The highest BCUT2D eigenvalue weighted by Crippen LogP contribution is 2.20. The van der Waals surface area contributed by atoms with Crippen LogP contribution in [0.3, 0.4) is 0 Å². The fourth-order valence-electron chi connectivity index (χ4n) is 1.74. The molecular formula is C15H17NOS. The zero-order valence-corrected chi connectivity index (χ0v) is 11.5. The predicted molar refractivity (Wildman–Crippen MR) is 76.3 cm³/mol. The highest BCUT2D eigenvalue weighted by Gasteiger charge is 2.09. The van der Waals surface area contributed by atoms with E-state index >= 15 is 0 Å². The lowest BCUT2D eigenvalue weighted by molar-refractivity contribution is 0.0958. The van der Waals surface area contributed by atoms with Gasteiger partial charge >= 0.3 is 0 Å². The number of rotatable bonds is 4. The maximum Gasteiger partial charge on any atom is 0.261 e. The summed E-state index contributed by atoms with van der Waals surface area (Å²) in [6, 6.07) is 12.1. The van der Waals surface area contributed by atoms with Gasteiger partial charge in [-0.15, -0.1) is 11.3 Å². The minimum Gasteiger partial charge on any atom is -0.351 e. The second-order valence-electron chi connectivity index (χ2n) is 4.34. The standard InChI is InChI=1S/C15H17NOS/c1-11-10-14(18-12(11)2)15(17)16-9-8-13-6-4-3-5-7-13/h3-7,10H,8-9H2,1-2H3,(H,16,17). The average Bonchev–Trinajstić information content (AvgIpc) is 2.71. The molecule has 0 bridgehead atoms. The molecule has 0 aliphatic heterocycles. The van der Waals surface area contributed by atoms with E-state index < -0.39 is 0 Å². The van der Waals surface area contributed by atoms with E-state index in [0.717, 1.165) is 11.3 Å². The molecule has 0 aliphatic rings. The zero-order valence-electron chi connectivity index (χ0n) is 10.7. The number of nitrogens with one attached hydrogen (secondary N) is 1. The van der Waals surface area contributed by atoms with E-state index in [0.29, 0.717) is 6.54 Å². The quantitative estimate of drug-likeness (QED) is 0.896. The fourth-order valence-corrected chi connectivity index (χ4v) is 2.69. The molecule has 0 saturated heterocycles. The van der Waals surface area contributed by atoms with Gasteiger partial charge in [0, 0.05) is 11.4 Å². The van der Waals surface area contributed by atoms with Crippen molar-refractivity contribution in [2.45, 2.75) is 20.3 Å². The Morgan fingerprint density at radius 1 is 1.22 bits per heavy atom. The van der Waals surface area contributed by atoms with Gasteiger partial charge in [-0.25, -0.2) is 0 Å². The molecule has 0 radical (unpaired) electrons. The van der Waals surface area contributed by atoms with Gasteiger partial charge in [0.05, 0.1) is 4.88 Å². The molecule has 0 unspecified atom stereocenters. The molecule has 0 spiro atoms. The summed E-state index contributed by atoms with van der Waals surface area (Å²) in [7, 11) is 0. The summed E-state index contributed by atoms with van der Waals surface area (Å²) < 4.78 is 0. The Labute approximate surface area is 112 Å². The van der Waals surface area contributed by atoms with Gasteiger partial charge < -0.3 is 5.32 Å². The van der Waals surface area contributed by atoms with E-state index in [-0.39, 0.29) is 5.91 Å². The van der Waals surface area contributed by atoms with Crippen molar-refractivity contribution in [1.82, 2.24) is 5.32 Å². The van der Waals surface area contributed by atoms with Crippen molar-refractivity contribution >= 4 is 17.2 Å². The van der Waals surface area contributed by atoms with E-state index in [1.807, 2.05) is 38.1 Å². The first-order valence-electron chi connectivity index (χ1n) is 6.06. The van der Waals surface area contributed by atoms with Crippen LogP contribution in [-0.2, 0) is 6.42 Å². The molecule has 1 aromatic heterocycles. The van der Waals surface area contributed by atoms with E-state index in [1.54, 1.807) is 11.3 Å². The first-order valence-corrected chi connectivity index (χ1v) is 6.87. The number of carbonyl (C=O) groups excluding carboxylic acids is 1. The van der Waals surface area contributed by atoms with Crippen LogP contribution in [-0.4, -0.2) is 12.5 Å². The molecule has 1 amide bonds. The third-order valence-corrected chi connectivity index (χ3v) is 4.08. The van der Waals surface area contributed by atoms with Gasteiger partial charge in [-0.3, -0.25) is 4.79 Å². The number of carbonyl (C=O) groups is 1. The zero-order chi connectivity index (χ0) is 13.0. The van der Waals surface area contributed by atoms with E-state index in [9.17, 15) is 4.79 Å². The highest BCUT2D eigenvalue weighted by molar-refractivity contribution is 7.14. The Hall–Kier alpha value is -1.61. The van der Waals surface area contributed by atoms with Crippen LogP contribution >= 0.6 is 11.3 Å². The lowest BCUT2D eigenvalue weighted by Gasteiger charge is -2.03. The molecule has 2 nitrogen and oxygen atoms in total. The van der Waals surface area contributed by atoms with Crippen LogP contribution in [0.25, 0.3) is 0 Å². The van der Waals surface area contributed by atoms with Crippen molar-refractivity contribution in [2.75, 3.05) is 6.54 Å². The Kier molecular flexibility index (Phi) is 4.15. The predicted octanol–water partition coefficient (Wildman–Crippen LogP) is 3.34. The molecule has 0 atom stereocenters. The maximum absolute atomic E-state index is 11.9.